The molecule has 3 amide bonds. The molecule has 0 spiro atoms. The lowest BCUT2D eigenvalue weighted by Crippen LogP contribution is -2.54. The second kappa shape index (κ2) is 12.4. The van der Waals surface area contributed by atoms with E-state index in [-0.39, 0.29) is 54.6 Å². The van der Waals surface area contributed by atoms with E-state index in [9.17, 15) is 22.8 Å². The number of carbonyl (C=O) groups excluding carboxylic acids is 3. The number of hydrogen-bond acceptors (Lipinski definition) is 5. The maximum atomic E-state index is 13.8. The highest BCUT2D eigenvalue weighted by Gasteiger charge is 2.40. The number of benzene rings is 3. The summed E-state index contributed by atoms with van der Waals surface area (Å²) < 4.78 is 26.7. The van der Waals surface area contributed by atoms with Crippen LogP contribution in [0.5, 0.6) is 0 Å². The van der Waals surface area contributed by atoms with E-state index in [4.69, 9.17) is 11.6 Å². The van der Waals surface area contributed by atoms with E-state index < -0.39 is 27.5 Å². The van der Waals surface area contributed by atoms with Crippen LogP contribution >= 0.6 is 11.6 Å². The number of hydrogen-bond donors (Lipinski definition) is 1. The summed E-state index contributed by atoms with van der Waals surface area (Å²) in [6, 6.07) is 21.8. The Kier molecular flexibility index (Phi) is 9.19. The Morgan fingerprint density at radius 1 is 0.927 bits per heavy atom. The molecular formula is C31H34ClN3O5S. The average molecular weight is 596 g/mol. The van der Waals surface area contributed by atoms with E-state index in [2.05, 4.69) is 5.32 Å². The van der Waals surface area contributed by atoms with Gasteiger partial charge in [0.25, 0.3) is 15.9 Å². The van der Waals surface area contributed by atoms with Gasteiger partial charge in [0.15, 0.2) is 0 Å². The van der Waals surface area contributed by atoms with Crippen LogP contribution in [0.15, 0.2) is 83.8 Å². The molecule has 4 rings (SSSR count). The van der Waals surface area contributed by atoms with Crippen LogP contribution in [0.2, 0.25) is 5.02 Å². The molecule has 1 atom stereocenters. The fourth-order valence-corrected chi connectivity index (χ4v) is 6.50. The molecule has 10 heteroatoms. The Balaban J connectivity index is 1.58. The molecule has 41 heavy (non-hydrogen) atoms. The molecule has 0 aliphatic carbocycles. The fraction of sp³-hybridized carbons (Fsp3) is 0.323. The first-order valence-corrected chi connectivity index (χ1v) is 15.2. The first-order chi connectivity index (χ1) is 19.4. The molecule has 0 aromatic heterocycles. The van der Waals surface area contributed by atoms with Crippen molar-refractivity contribution in [3.63, 3.8) is 0 Å². The summed E-state index contributed by atoms with van der Waals surface area (Å²) in [6.07, 6.45) is 0.335. The third-order valence-corrected chi connectivity index (χ3v) is 8.79. The lowest BCUT2D eigenvalue weighted by molar-refractivity contribution is -0.142. The maximum absolute atomic E-state index is 13.8. The molecule has 0 fully saturated rings. The van der Waals surface area contributed by atoms with Crippen LogP contribution in [0.25, 0.3) is 0 Å². The Morgan fingerprint density at radius 3 is 2.20 bits per heavy atom. The number of amides is 3. The third kappa shape index (κ3) is 7.34. The first-order valence-electron chi connectivity index (χ1n) is 13.4. The second-order valence-electron chi connectivity index (χ2n) is 11.1. The molecule has 1 aliphatic rings. The van der Waals surface area contributed by atoms with Crippen molar-refractivity contribution >= 4 is 39.3 Å². The molecular weight excluding hydrogens is 562 g/mol. The van der Waals surface area contributed by atoms with Gasteiger partial charge in [0.05, 0.1) is 5.56 Å². The van der Waals surface area contributed by atoms with E-state index in [1.165, 1.54) is 17.0 Å². The van der Waals surface area contributed by atoms with Gasteiger partial charge >= 0.3 is 0 Å². The molecule has 3 aromatic carbocycles. The van der Waals surface area contributed by atoms with E-state index in [1.54, 1.807) is 36.4 Å². The summed E-state index contributed by atoms with van der Waals surface area (Å²) in [5.74, 6) is -1.22. The highest BCUT2D eigenvalue weighted by atomic mass is 35.5. The number of fused-ring (bicyclic) bond motifs is 1. The van der Waals surface area contributed by atoms with Gasteiger partial charge in [-0.3, -0.25) is 14.4 Å². The van der Waals surface area contributed by atoms with Gasteiger partial charge in [-0.25, -0.2) is 12.7 Å². The van der Waals surface area contributed by atoms with Gasteiger partial charge in [0.1, 0.15) is 10.9 Å². The summed E-state index contributed by atoms with van der Waals surface area (Å²) in [5.41, 5.74) is 1.28. The molecule has 8 nitrogen and oxygen atoms in total. The smallest absolute Gasteiger partial charge is 0.269 e. The predicted molar refractivity (Wildman–Crippen MR) is 158 cm³/mol. The number of halogens is 1. The number of sulfonamides is 1. The van der Waals surface area contributed by atoms with Crippen LogP contribution in [-0.2, 0) is 32.6 Å². The summed E-state index contributed by atoms with van der Waals surface area (Å²) >= 11 is 6.08. The highest BCUT2D eigenvalue weighted by Crippen LogP contribution is 2.30. The van der Waals surface area contributed by atoms with Crippen molar-refractivity contribution in [1.82, 2.24) is 14.5 Å². The molecule has 0 radical (unpaired) electrons. The Morgan fingerprint density at radius 2 is 1.56 bits per heavy atom. The summed E-state index contributed by atoms with van der Waals surface area (Å²) in [5, 5.41) is 3.56. The highest BCUT2D eigenvalue weighted by molar-refractivity contribution is 7.90. The van der Waals surface area contributed by atoms with E-state index >= 15 is 0 Å². The van der Waals surface area contributed by atoms with Crippen molar-refractivity contribution in [3.05, 3.63) is 101 Å². The first kappa shape index (κ1) is 30.3. The lowest BCUT2D eigenvalue weighted by Gasteiger charge is -2.34. The minimum Gasteiger partial charge on any atom is -0.350 e. The van der Waals surface area contributed by atoms with Gasteiger partial charge in [-0.2, -0.15) is 0 Å². The molecule has 0 bridgehead atoms. The van der Waals surface area contributed by atoms with Gasteiger partial charge in [0, 0.05) is 36.5 Å². The van der Waals surface area contributed by atoms with Gasteiger partial charge in [0.2, 0.25) is 11.8 Å². The van der Waals surface area contributed by atoms with Crippen LogP contribution in [0.4, 0.5) is 0 Å². The third-order valence-electron chi connectivity index (χ3n) is 6.70. The van der Waals surface area contributed by atoms with Gasteiger partial charge in [-0.1, -0.05) is 66.2 Å². The second-order valence-corrected chi connectivity index (χ2v) is 13.3. The Hall–Kier alpha value is -3.69. The number of nitrogens with zero attached hydrogens (tertiary/aromatic N) is 2. The van der Waals surface area contributed by atoms with E-state index in [0.29, 0.717) is 5.02 Å². The Labute approximate surface area is 246 Å². The average Bonchev–Trinajstić information content (AvgIpc) is 3.11. The molecule has 216 valence electrons. The standard InChI is InChI=1S/C31H34ClN3O5S/c1-31(2,3)33-29(37)26(20-22-10-5-4-6-11-22)34(21-23-15-17-24(32)18-16-23)28(36)14-9-19-35-30(38)25-12-7-8-13-27(25)41(35,39)40/h4-8,10-13,15-18,26H,9,14,19-21H2,1-3H3,(H,33,37)/t26-/m1/s1. The topological polar surface area (TPSA) is 104 Å². The molecule has 0 unspecified atom stereocenters. The van der Waals surface area contributed by atoms with Gasteiger partial charge < -0.3 is 10.2 Å². The molecule has 1 aliphatic heterocycles. The molecule has 1 heterocycles. The predicted octanol–water partition coefficient (Wildman–Crippen LogP) is 4.82. The van der Waals surface area contributed by atoms with E-state index in [0.717, 1.165) is 15.4 Å². The van der Waals surface area contributed by atoms with Crippen LogP contribution in [0.1, 0.15) is 55.1 Å². The van der Waals surface area contributed by atoms with Crippen LogP contribution < -0.4 is 5.32 Å². The molecule has 0 saturated carbocycles. The van der Waals surface area contributed by atoms with Gasteiger partial charge in [-0.05, 0) is 62.6 Å². The van der Waals surface area contributed by atoms with E-state index in [1.807, 2.05) is 51.1 Å². The number of carbonyl (C=O) groups is 3. The molecule has 1 N–H and O–H groups in total. The normalized spacial score (nSPS) is 14.8. The van der Waals surface area contributed by atoms with Crippen LogP contribution in [-0.4, -0.2) is 53.5 Å². The summed E-state index contributed by atoms with van der Waals surface area (Å²) in [7, 11) is -3.97. The Bertz CT molecular complexity index is 1520. The van der Waals surface area contributed by atoms with Crippen LogP contribution in [0.3, 0.4) is 0 Å². The molecule has 3 aromatic rings. The fourth-order valence-electron chi connectivity index (χ4n) is 4.76. The quantitative estimate of drug-likeness (QED) is 0.362. The number of rotatable bonds is 10. The van der Waals surface area contributed by atoms with Crippen molar-refractivity contribution < 1.29 is 22.8 Å². The SMILES string of the molecule is CC(C)(C)NC(=O)[C@@H](Cc1ccccc1)N(Cc1ccc(Cl)cc1)C(=O)CCCN1C(=O)c2ccccc2S1(=O)=O. The zero-order chi connectivity index (χ0) is 29.8. The van der Waals surface area contributed by atoms with Crippen molar-refractivity contribution in [1.29, 1.82) is 0 Å². The largest absolute Gasteiger partial charge is 0.350 e. The van der Waals surface area contributed by atoms with Crippen LogP contribution in [0, 0.1) is 0 Å². The minimum atomic E-state index is -3.97. The zero-order valence-corrected chi connectivity index (χ0v) is 24.9. The number of nitrogens with one attached hydrogen (secondary N) is 1. The van der Waals surface area contributed by atoms with Crippen molar-refractivity contribution in [2.45, 2.75) is 63.1 Å². The van der Waals surface area contributed by atoms with Crippen molar-refractivity contribution in [3.8, 4) is 0 Å². The maximum Gasteiger partial charge on any atom is 0.269 e. The molecule has 0 saturated heterocycles. The monoisotopic (exact) mass is 595 g/mol. The summed E-state index contributed by atoms with van der Waals surface area (Å²) in [4.78, 5) is 41.8. The lowest BCUT2D eigenvalue weighted by atomic mass is 10.00. The summed E-state index contributed by atoms with van der Waals surface area (Å²) in [6.45, 7) is 5.63. The van der Waals surface area contributed by atoms with Crippen molar-refractivity contribution in [2.75, 3.05) is 6.54 Å². The zero-order valence-electron chi connectivity index (χ0n) is 23.3. The minimum absolute atomic E-state index is 0.0255. The van der Waals surface area contributed by atoms with Gasteiger partial charge in [-0.15, -0.1) is 0 Å². The van der Waals surface area contributed by atoms with Crippen molar-refractivity contribution in [2.24, 2.45) is 0 Å².